The SMILES string of the molecule is COc1cc(CSc2nnc(N3CCOCC3)n2-c2cccc(F)c2)ccc1SC(F)F. The van der Waals surface area contributed by atoms with E-state index in [0.29, 0.717) is 71.3 Å². The Morgan fingerprint density at radius 1 is 1.12 bits per heavy atom. The van der Waals surface area contributed by atoms with Crippen molar-refractivity contribution in [2.24, 2.45) is 0 Å². The molecule has 0 aliphatic carbocycles. The zero-order chi connectivity index (χ0) is 22.5. The predicted octanol–water partition coefficient (Wildman–Crippen LogP) is 4.86. The fourth-order valence-electron chi connectivity index (χ4n) is 3.31. The number of ether oxygens (including phenoxy) is 2. The first-order valence-corrected chi connectivity index (χ1v) is 11.7. The number of aromatic nitrogens is 3. The van der Waals surface area contributed by atoms with Crippen LogP contribution in [0.2, 0.25) is 0 Å². The number of hydrogen-bond acceptors (Lipinski definition) is 7. The molecule has 32 heavy (non-hydrogen) atoms. The molecule has 0 amide bonds. The van der Waals surface area contributed by atoms with Crippen LogP contribution in [0.25, 0.3) is 5.69 Å². The second-order valence-corrected chi connectivity index (χ2v) is 8.82. The van der Waals surface area contributed by atoms with Gasteiger partial charge in [-0.15, -0.1) is 10.2 Å². The van der Waals surface area contributed by atoms with E-state index < -0.39 is 5.76 Å². The van der Waals surface area contributed by atoms with Crippen molar-refractivity contribution >= 4 is 29.5 Å². The van der Waals surface area contributed by atoms with Gasteiger partial charge in [-0.1, -0.05) is 35.7 Å². The zero-order valence-electron chi connectivity index (χ0n) is 17.2. The van der Waals surface area contributed by atoms with Crippen LogP contribution >= 0.6 is 23.5 Å². The average molecular weight is 483 g/mol. The minimum Gasteiger partial charge on any atom is -0.496 e. The third-order valence-corrected chi connectivity index (χ3v) is 6.56. The standard InChI is InChI=1S/C21H21F3N4O2S2/c1-29-17-11-14(5-6-18(17)32-19(23)24)13-31-21-26-25-20(27-7-9-30-10-8-27)28(21)16-4-2-3-15(22)12-16/h2-6,11-12,19H,7-10,13H2,1H3. The van der Waals surface area contributed by atoms with Crippen LogP contribution < -0.4 is 9.64 Å². The number of alkyl halides is 2. The lowest BCUT2D eigenvalue weighted by Gasteiger charge is -2.27. The van der Waals surface area contributed by atoms with Crippen molar-refractivity contribution < 1.29 is 22.6 Å². The van der Waals surface area contributed by atoms with E-state index in [1.54, 1.807) is 30.3 Å². The van der Waals surface area contributed by atoms with Crippen LogP contribution in [0.4, 0.5) is 19.1 Å². The highest BCUT2D eigenvalue weighted by Gasteiger charge is 2.22. The van der Waals surface area contributed by atoms with Crippen LogP contribution in [0.3, 0.4) is 0 Å². The molecule has 1 aliphatic heterocycles. The first-order valence-electron chi connectivity index (χ1n) is 9.83. The van der Waals surface area contributed by atoms with Crippen LogP contribution in [0.1, 0.15) is 5.56 Å². The van der Waals surface area contributed by atoms with Gasteiger partial charge in [-0.3, -0.25) is 4.57 Å². The Balaban J connectivity index is 1.60. The lowest BCUT2D eigenvalue weighted by atomic mass is 10.2. The van der Waals surface area contributed by atoms with Crippen molar-refractivity contribution in [2.45, 2.75) is 21.6 Å². The molecular weight excluding hydrogens is 461 g/mol. The smallest absolute Gasteiger partial charge is 0.289 e. The van der Waals surface area contributed by atoms with Crippen LogP contribution in [0.5, 0.6) is 5.75 Å². The Morgan fingerprint density at radius 2 is 1.94 bits per heavy atom. The van der Waals surface area contributed by atoms with Gasteiger partial charge >= 0.3 is 0 Å². The van der Waals surface area contributed by atoms with Gasteiger partial charge < -0.3 is 14.4 Å². The normalized spacial score (nSPS) is 14.2. The van der Waals surface area contributed by atoms with E-state index in [2.05, 4.69) is 15.1 Å². The number of rotatable bonds is 8. The maximum atomic E-state index is 14.0. The molecular formula is C21H21F3N4O2S2. The van der Waals surface area contributed by atoms with E-state index in [4.69, 9.17) is 9.47 Å². The van der Waals surface area contributed by atoms with Crippen LogP contribution in [-0.2, 0) is 10.5 Å². The summed E-state index contributed by atoms with van der Waals surface area (Å²) >= 11 is 1.87. The third-order valence-electron chi connectivity index (χ3n) is 4.79. The minimum absolute atomic E-state index is 0.350. The number of morpholine rings is 1. The molecule has 0 N–H and O–H groups in total. The Bertz CT molecular complexity index is 1060. The van der Waals surface area contributed by atoms with Gasteiger partial charge in [0.1, 0.15) is 11.6 Å². The Labute approximate surface area is 192 Å². The van der Waals surface area contributed by atoms with Crippen LogP contribution in [0, 0.1) is 5.82 Å². The number of hydrogen-bond donors (Lipinski definition) is 0. The van der Waals surface area contributed by atoms with Crippen LogP contribution in [-0.4, -0.2) is 53.9 Å². The molecule has 3 aromatic rings. The number of benzene rings is 2. The highest BCUT2D eigenvalue weighted by molar-refractivity contribution is 7.99. The summed E-state index contributed by atoms with van der Waals surface area (Å²) in [7, 11) is 1.46. The summed E-state index contributed by atoms with van der Waals surface area (Å²) in [6.45, 7) is 2.50. The maximum Gasteiger partial charge on any atom is 0.289 e. The number of nitrogens with zero attached hydrogens (tertiary/aromatic N) is 4. The monoisotopic (exact) mass is 482 g/mol. The van der Waals surface area contributed by atoms with Crippen molar-refractivity contribution in [3.05, 3.63) is 53.8 Å². The third kappa shape index (κ3) is 5.33. The molecule has 0 bridgehead atoms. The molecule has 1 aromatic heterocycles. The Hall–Kier alpha value is -2.37. The highest BCUT2D eigenvalue weighted by atomic mass is 32.2. The van der Waals surface area contributed by atoms with E-state index in [9.17, 15) is 13.2 Å². The van der Waals surface area contributed by atoms with Gasteiger partial charge in [-0.25, -0.2) is 4.39 Å². The second-order valence-electron chi connectivity index (χ2n) is 6.85. The molecule has 170 valence electrons. The molecule has 1 saturated heterocycles. The van der Waals surface area contributed by atoms with E-state index in [0.717, 1.165) is 5.56 Å². The fraction of sp³-hybridized carbons (Fsp3) is 0.333. The lowest BCUT2D eigenvalue weighted by Crippen LogP contribution is -2.37. The molecule has 1 fully saturated rings. The molecule has 2 aromatic carbocycles. The summed E-state index contributed by atoms with van der Waals surface area (Å²) in [6.07, 6.45) is 0. The molecule has 0 atom stereocenters. The summed E-state index contributed by atoms with van der Waals surface area (Å²) < 4.78 is 52.0. The van der Waals surface area contributed by atoms with Gasteiger partial charge in [-0.05, 0) is 35.9 Å². The van der Waals surface area contributed by atoms with E-state index in [-0.39, 0.29) is 5.82 Å². The van der Waals surface area contributed by atoms with Gasteiger partial charge in [0.2, 0.25) is 5.95 Å². The Morgan fingerprint density at radius 3 is 2.66 bits per heavy atom. The summed E-state index contributed by atoms with van der Waals surface area (Å²) in [5, 5.41) is 9.31. The van der Waals surface area contributed by atoms with Crippen molar-refractivity contribution in [1.82, 2.24) is 14.8 Å². The topological polar surface area (TPSA) is 52.4 Å². The molecule has 1 aliphatic rings. The number of thioether (sulfide) groups is 2. The van der Waals surface area contributed by atoms with Crippen molar-refractivity contribution in [1.29, 1.82) is 0 Å². The minimum atomic E-state index is -2.52. The van der Waals surface area contributed by atoms with Gasteiger partial charge in [0.15, 0.2) is 5.16 Å². The highest BCUT2D eigenvalue weighted by Crippen LogP contribution is 2.36. The molecule has 0 radical (unpaired) electrons. The average Bonchev–Trinajstić information content (AvgIpc) is 3.22. The van der Waals surface area contributed by atoms with Gasteiger partial charge in [0, 0.05) is 18.8 Å². The van der Waals surface area contributed by atoms with E-state index >= 15 is 0 Å². The van der Waals surface area contributed by atoms with Gasteiger partial charge in [0.05, 0.1) is 30.9 Å². The quantitative estimate of drug-likeness (QED) is 0.425. The largest absolute Gasteiger partial charge is 0.496 e. The molecule has 4 rings (SSSR count). The molecule has 0 spiro atoms. The zero-order valence-corrected chi connectivity index (χ0v) is 18.8. The number of anilines is 1. The second kappa shape index (κ2) is 10.5. The molecule has 6 nitrogen and oxygen atoms in total. The maximum absolute atomic E-state index is 14.0. The number of methoxy groups -OCH3 is 1. The molecule has 2 heterocycles. The van der Waals surface area contributed by atoms with Crippen LogP contribution in [0.15, 0.2) is 52.5 Å². The summed E-state index contributed by atoms with van der Waals surface area (Å²) in [5.41, 5.74) is 1.51. The van der Waals surface area contributed by atoms with Gasteiger partial charge in [0.25, 0.3) is 5.76 Å². The Kier molecular flexibility index (Phi) is 7.48. The number of halogens is 3. The molecule has 0 saturated carbocycles. The summed E-state index contributed by atoms with van der Waals surface area (Å²) in [6, 6.07) is 11.4. The van der Waals surface area contributed by atoms with Crippen molar-refractivity contribution in [3.8, 4) is 11.4 Å². The molecule has 0 unspecified atom stereocenters. The lowest BCUT2D eigenvalue weighted by molar-refractivity contribution is 0.122. The van der Waals surface area contributed by atoms with E-state index in [1.807, 2.05) is 4.57 Å². The van der Waals surface area contributed by atoms with Gasteiger partial charge in [-0.2, -0.15) is 8.78 Å². The fourth-order valence-corrected chi connectivity index (χ4v) is 4.80. The summed E-state index contributed by atoms with van der Waals surface area (Å²) in [5.74, 6) is -1.34. The van der Waals surface area contributed by atoms with E-state index in [1.165, 1.54) is 31.0 Å². The first kappa shape index (κ1) is 22.8. The van der Waals surface area contributed by atoms with Crippen molar-refractivity contribution in [3.63, 3.8) is 0 Å². The van der Waals surface area contributed by atoms with Crippen molar-refractivity contribution in [2.75, 3.05) is 38.3 Å². The summed E-state index contributed by atoms with van der Waals surface area (Å²) in [4.78, 5) is 2.44. The predicted molar refractivity (Wildman–Crippen MR) is 119 cm³/mol. The first-order chi connectivity index (χ1) is 15.5. The molecule has 11 heteroatoms.